The molecular formula is C15H27N3OS. The van der Waals surface area contributed by atoms with Crippen molar-refractivity contribution >= 4 is 16.5 Å². The summed E-state index contributed by atoms with van der Waals surface area (Å²) < 4.78 is 5.60. The first-order chi connectivity index (χ1) is 9.80. The van der Waals surface area contributed by atoms with Gasteiger partial charge in [-0.05, 0) is 19.4 Å². The van der Waals surface area contributed by atoms with Crippen molar-refractivity contribution in [1.29, 1.82) is 0 Å². The molecule has 0 amide bonds. The summed E-state index contributed by atoms with van der Waals surface area (Å²) >= 11 is 1.86. The van der Waals surface area contributed by atoms with Crippen LogP contribution in [0.15, 0.2) is 0 Å². The standard InChI is InChI=1S/C15H27N3OS/c1-4-7-13-14(10-16-6-3)20-15(17-13)18-8-9-19-11-12(18)5-2/h12,16H,4-11H2,1-3H3. The zero-order valence-electron chi connectivity index (χ0n) is 12.9. The average Bonchev–Trinajstić information content (AvgIpc) is 2.88. The zero-order chi connectivity index (χ0) is 14.4. The Morgan fingerprint density at radius 1 is 1.40 bits per heavy atom. The first-order valence-corrected chi connectivity index (χ1v) is 8.65. The van der Waals surface area contributed by atoms with Crippen LogP contribution in [0, 0.1) is 0 Å². The molecule has 114 valence electrons. The van der Waals surface area contributed by atoms with Crippen molar-refractivity contribution in [2.45, 2.75) is 52.6 Å². The van der Waals surface area contributed by atoms with E-state index >= 15 is 0 Å². The number of aromatic nitrogens is 1. The normalized spacial score (nSPS) is 19.6. The fraction of sp³-hybridized carbons (Fsp3) is 0.800. The van der Waals surface area contributed by atoms with Crippen molar-refractivity contribution in [3.05, 3.63) is 10.6 Å². The minimum Gasteiger partial charge on any atom is -0.377 e. The van der Waals surface area contributed by atoms with Crippen LogP contribution in [-0.4, -0.2) is 37.3 Å². The van der Waals surface area contributed by atoms with Crippen LogP contribution in [0.1, 0.15) is 44.2 Å². The number of hydrogen-bond donors (Lipinski definition) is 1. The fourth-order valence-electron chi connectivity index (χ4n) is 2.55. The first-order valence-electron chi connectivity index (χ1n) is 7.83. The topological polar surface area (TPSA) is 37.4 Å². The van der Waals surface area contributed by atoms with E-state index in [1.54, 1.807) is 0 Å². The van der Waals surface area contributed by atoms with Crippen LogP contribution in [0.25, 0.3) is 0 Å². The molecule has 4 nitrogen and oxygen atoms in total. The van der Waals surface area contributed by atoms with E-state index < -0.39 is 0 Å². The number of ether oxygens (including phenoxy) is 1. The minimum absolute atomic E-state index is 0.483. The number of anilines is 1. The van der Waals surface area contributed by atoms with Gasteiger partial charge >= 0.3 is 0 Å². The molecule has 0 radical (unpaired) electrons. The van der Waals surface area contributed by atoms with Crippen LogP contribution in [-0.2, 0) is 17.7 Å². The Labute approximate surface area is 126 Å². The van der Waals surface area contributed by atoms with Gasteiger partial charge < -0.3 is 15.0 Å². The van der Waals surface area contributed by atoms with E-state index in [0.717, 1.165) is 52.1 Å². The number of aryl methyl sites for hydroxylation is 1. The van der Waals surface area contributed by atoms with Crippen molar-refractivity contribution in [1.82, 2.24) is 10.3 Å². The molecule has 1 aliphatic rings. The third-order valence-corrected chi connectivity index (χ3v) is 4.87. The number of hydrogen-bond acceptors (Lipinski definition) is 5. The summed E-state index contributed by atoms with van der Waals surface area (Å²) in [6, 6.07) is 0.483. The Morgan fingerprint density at radius 2 is 2.25 bits per heavy atom. The van der Waals surface area contributed by atoms with E-state index in [2.05, 4.69) is 31.0 Å². The molecular weight excluding hydrogens is 270 g/mol. The summed E-state index contributed by atoms with van der Waals surface area (Å²) in [6.07, 6.45) is 3.35. The van der Waals surface area contributed by atoms with Crippen LogP contribution < -0.4 is 10.2 Å². The third kappa shape index (κ3) is 3.71. The smallest absolute Gasteiger partial charge is 0.186 e. The van der Waals surface area contributed by atoms with Gasteiger partial charge in [-0.15, -0.1) is 11.3 Å². The average molecular weight is 297 g/mol. The summed E-state index contributed by atoms with van der Waals surface area (Å²) in [5, 5.41) is 4.62. The molecule has 5 heteroatoms. The van der Waals surface area contributed by atoms with Gasteiger partial charge in [0.1, 0.15) is 0 Å². The molecule has 1 fully saturated rings. The van der Waals surface area contributed by atoms with Crippen molar-refractivity contribution < 1.29 is 4.74 Å². The second kappa shape index (κ2) is 7.96. The molecule has 20 heavy (non-hydrogen) atoms. The number of rotatable bonds is 7. The lowest BCUT2D eigenvalue weighted by molar-refractivity contribution is 0.0929. The number of morpholine rings is 1. The van der Waals surface area contributed by atoms with Crippen molar-refractivity contribution in [3.8, 4) is 0 Å². The van der Waals surface area contributed by atoms with Crippen molar-refractivity contribution in [2.75, 3.05) is 31.2 Å². The predicted octanol–water partition coefficient (Wildman–Crippen LogP) is 2.82. The fourth-order valence-corrected chi connectivity index (χ4v) is 3.72. The van der Waals surface area contributed by atoms with Gasteiger partial charge in [-0.1, -0.05) is 27.2 Å². The SMILES string of the molecule is CCCc1nc(N2CCOCC2CC)sc1CNCC. The van der Waals surface area contributed by atoms with Crippen LogP contribution in [0.2, 0.25) is 0 Å². The van der Waals surface area contributed by atoms with Crippen molar-refractivity contribution in [3.63, 3.8) is 0 Å². The molecule has 2 rings (SSSR count). The lowest BCUT2D eigenvalue weighted by atomic mass is 10.2. The van der Waals surface area contributed by atoms with Gasteiger partial charge in [0.25, 0.3) is 0 Å². The summed E-state index contributed by atoms with van der Waals surface area (Å²) in [6.45, 7) is 11.2. The molecule has 1 saturated heterocycles. The van der Waals surface area contributed by atoms with E-state index in [4.69, 9.17) is 9.72 Å². The molecule has 1 atom stereocenters. The van der Waals surface area contributed by atoms with Crippen molar-refractivity contribution in [2.24, 2.45) is 0 Å². The molecule has 1 aromatic rings. The maximum Gasteiger partial charge on any atom is 0.186 e. The third-order valence-electron chi connectivity index (χ3n) is 3.73. The Kier molecular flexibility index (Phi) is 6.26. The summed E-state index contributed by atoms with van der Waals surface area (Å²) in [7, 11) is 0. The van der Waals surface area contributed by atoms with Gasteiger partial charge in [0.15, 0.2) is 5.13 Å². The van der Waals surface area contributed by atoms with Crippen LogP contribution in [0.5, 0.6) is 0 Å². The largest absolute Gasteiger partial charge is 0.377 e. The Morgan fingerprint density at radius 3 is 2.95 bits per heavy atom. The summed E-state index contributed by atoms with van der Waals surface area (Å²) in [5.41, 5.74) is 1.29. The van der Waals surface area contributed by atoms with E-state index in [9.17, 15) is 0 Å². The monoisotopic (exact) mass is 297 g/mol. The Bertz CT molecular complexity index is 408. The second-order valence-electron chi connectivity index (χ2n) is 5.23. The summed E-state index contributed by atoms with van der Waals surface area (Å²) in [4.78, 5) is 8.78. The highest BCUT2D eigenvalue weighted by atomic mass is 32.1. The van der Waals surface area contributed by atoms with Crippen LogP contribution in [0.4, 0.5) is 5.13 Å². The highest BCUT2D eigenvalue weighted by molar-refractivity contribution is 7.15. The summed E-state index contributed by atoms with van der Waals surface area (Å²) in [5.74, 6) is 0. The molecule has 0 aliphatic carbocycles. The molecule has 0 aromatic carbocycles. The molecule has 2 heterocycles. The van der Waals surface area contributed by atoms with E-state index in [1.807, 2.05) is 11.3 Å². The van der Waals surface area contributed by atoms with Gasteiger partial charge in [-0.3, -0.25) is 0 Å². The maximum atomic E-state index is 5.60. The first kappa shape index (κ1) is 15.7. The Balaban J connectivity index is 2.17. The van der Waals surface area contributed by atoms with E-state index in [-0.39, 0.29) is 0 Å². The highest BCUT2D eigenvalue weighted by Gasteiger charge is 2.25. The molecule has 1 N–H and O–H groups in total. The number of nitrogens with zero attached hydrogens (tertiary/aromatic N) is 2. The Hall–Kier alpha value is -0.650. The quantitative estimate of drug-likeness (QED) is 0.840. The van der Waals surface area contributed by atoms with Gasteiger partial charge in [-0.2, -0.15) is 0 Å². The van der Waals surface area contributed by atoms with Gasteiger partial charge in [0, 0.05) is 18.0 Å². The van der Waals surface area contributed by atoms with Gasteiger partial charge in [0.05, 0.1) is 24.9 Å². The minimum atomic E-state index is 0.483. The van der Waals surface area contributed by atoms with E-state index in [0.29, 0.717) is 6.04 Å². The second-order valence-corrected chi connectivity index (χ2v) is 6.29. The molecule has 0 saturated carbocycles. The van der Waals surface area contributed by atoms with Crippen LogP contribution >= 0.6 is 11.3 Å². The molecule has 0 bridgehead atoms. The number of thiazole rings is 1. The molecule has 1 aliphatic heterocycles. The maximum absolute atomic E-state index is 5.60. The lowest BCUT2D eigenvalue weighted by Crippen LogP contribution is -2.45. The van der Waals surface area contributed by atoms with E-state index in [1.165, 1.54) is 15.7 Å². The van der Waals surface area contributed by atoms with Gasteiger partial charge in [-0.25, -0.2) is 4.98 Å². The van der Waals surface area contributed by atoms with Crippen LogP contribution in [0.3, 0.4) is 0 Å². The molecule has 1 unspecified atom stereocenters. The predicted molar refractivity (Wildman–Crippen MR) is 85.7 cm³/mol. The molecule has 1 aromatic heterocycles. The highest BCUT2D eigenvalue weighted by Crippen LogP contribution is 2.30. The molecule has 0 spiro atoms. The zero-order valence-corrected chi connectivity index (χ0v) is 13.8. The lowest BCUT2D eigenvalue weighted by Gasteiger charge is -2.34. The number of nitrogens with one attached hydrogen (secondary N) is 1. The van der Waals surface area contributed by atoms with Gasteiger partial charge in [0.2, 0.25) is 0 Å².